The van der Waals surface area contributed by atoms with Gasteiger partial charge in [0.1, 0.15) is 11.5 Å². The van der Waals surface area contributed by atoms with E-state index < -0.39 is 44.9 Å². The predicted octanol–water partition coefficient (Wildman–Crippen LogP) is 8.55. The smallest absolute Gasteiger partial charge is 0.373 e. The summed E-state index contributed by atoms with van der Waals surface area (Å²) >= 11 is 0. The number of benzene rings is 2. The van der Waals surface area contributed by atoms with E-state index in [4.69, 9.17) is 23.3 Å². The Labute approximate surface area is 263 Å². The van der Waals surface area contributed by atoms with Gasteiger partial charge in [-0.2, -0.15) is 0 Å². The third-order valence-electron chi connectivity index (χ3n) is 7.22. The van der Waals surface area contributed by atoms with Crippen LogP contribution in [-0.4, -0.2) is 37.0 Å². The minimum absolute atomic E-state index is 0.183. The number of hydrogen-bond acceptors (Lipinski definition) is 9. The summed E-state index contributed by atoms with van der Waals surface area (Å²) in [4.78, 5) is 24.6. The van der Waals surface area contributed by atoms with Gasteiger partial charge in [-0.3, -0.25) is 23.2 Å². The molecular weight excluding hydrogens is 583 g/mol. The molecule has 0 bridgehead atoms. The van der Waals surface area contributed by atoms with E-state index in [0.29, 0.717) is 12.2 Å². The van der Waals surface area contributed by atoms with Crippen LogP contribution in [0.25, 0.3) is 0 Å². The second-order valence-corrected chi connectivity index (χ2v) is 15.4. The number of rotatable bonds is 16. The number of hydrogen-bond donors (Lipinski definition) is 1. The van der Waals surface area contributed by atoms with E-state index in [-0.39, 0.29) is 23.5 Å². The summed E-state index contributed by atoms with van der Waals surface area (Å²) in [5.41, 5.74) is 4.01. The number of esters is 2. The molecule has 2 aromatic carbocycles. The standard InChI is InChI=1S/C34H51O9P/c1-11-14-34(9,10)19-31(36)39-20-42-44(38,43-21-40-32(37)33(6,7)8)22-41-27-15-24(4)29(25(5)16-27)18-26-12-13-30(35)28(17-26)23(2)3/h12-13,15-17,23,35H,11,14,18-22H2,1-10H3. The molecule has 10 heteroatoms. The van der Waals surface area contributed by atoms with Crippen LogP contribution >= 0.6 is 7.60 Å². The van der Waals surface area contributed by atoms with Gasteiger partial charge in [0.05, 0.1) is 11.8 Å². The maximum atomic E-state index is 13.6. The van der Waals surface area contributed by atoms with Crippen molar-refractivity contribution in [3.8, 4) is 11.5 Å². The number of aryl methyl sites for hydroxylation is 2. The Morgan fingerprint density at radius 1 is 0.932 bits per heavy atom. The molecule has 0 amide bonds. The molecule has 2 aromatic rings. The molecule has 9 nitrogen and oxygen atoms in total. The molecule has 0 saturated carbocycles. The zero-order chi connectivity index (χ0) is 33.3. The first kappa shape index (κ1) is 37.3. The fraction of sp³-hybridized carbons (Fsp3) is 0.588. The van der Waals surface area contributed by atoms with Crippen LogP contribution in [0.1, 0.15) is 108 Å². The number of carbonyl (C=O) groups is 2. The SMILES string of the molecule is CCCC(C)(C)CC(=O)OCOP(=O)(COc1cc(C)c(Cc2ccc(O)c(C(C)C)c2)c(C)c1)OCOC(=O)C(C)(C)C. The van der Waals surface area contributed by atoms with Gasteiger partial charge in [0.15, 0.2) is 6.35 Å². The highest BCUT2D eigenvalue weighted by Gasteiger charge is 2.30. The summed E-state index contributed by atoms with van der Waals surface area (Å²) in [6.45, 7) is 17.9. The average molecular weight is 635 g/mol. The average Bonchev–Trinajstić information content (AvgIpc) is 2.89. The van der Waals surface area contributed by atoms with Crippen LogP contribution in [0.2, 0.25) is 0 Å². The number of aromatic hydroxyl groups is 1. The van der Waals surface area contributed by atoms with Crippen LogP contribution < -0.4 is 4.74 Å². The quantitative estimate of drug-likeness (QED) is 0.110. The predicted molar refractivity (Wildman–Crippen MR) is 171 cm³/mol. The van der Waals surface area contributed by atoms with Gasteiger partial charge in [-0.05, 0) is 105 Å². The van der Waals surface area contributed by atoms with Gasteiger partial charge >= 0.3 is 19.5 Å². The molecule has 0 saturated heterocycles. The van der Waals surface area contributed by atoms with Gasteiger partial charge in [0.2, 0.25) is 13.6 Å². The van der Waals surface area contributed by atoms with Crippen molar-refractivity contribution in [1.82, 2.24) is 0 Å². The number of phenols is 1. The van der Waals surface area contributed by atoms with Crippen molar-refractivity contribution in [2.45, 2.75) is 101 Å². The lowest BCUT2D eigenvalue weighted by Crippen LogP contribution is -2.24. The Kier molecular flexibility index (Phi) is 13.5. The molecule has 0 aliphatic heterocycles. The first-order valence-corrected chi connectivity index (χ1v) is 16.8. The highest BCUT2D eigenvalue weighted by Crippen LogP contribution is 2.48. The Morgan fingerprint density at radius 2 is 1.52 bits per heavy atom. The van der Waals surface area contributed by atoms with Crippen molar-refractivity contribution in [2.75, 3.05) is 19.9 Å². The number of phenolic OH excluding ortho intramolecular Hbond substituents is 1. The van der Waals surface area contributed by atoms with Crippen molar-refractivity contribution in [3.63, 3.8) is 0 Å². The molecule has 246 valence electrons. The van der Waals surface area contributed by atoms with Crippen LogP contribution in [-0.2, 0) is 39.1 Å². The summed E-state index contributed by atoms with van der Waals surface area (Å²) in [5.74, 6) is -0.0779. The zero-order valence-corrected chi connectivity index (χ0v) is 29.0. The van der Waals surface area contributed by atoms with Crippen molar-refractivity contribution in [3.05, 3.63) is 58.1 Å². The molecule has 0 aromatic heterocycles. The van der Waals surface area contributed by atoms with Crippen LogP contribution in [0.3, 0.4) is 0 Å². The van der Waals surface area contributed by atoms with E-state index in [0.717, 1.165) is 40.7 Å². The van der Waals surface area contributed by atoms with Crippen molar-refractivity contribution >= 4 is 19.5 Å². The molecule has 0 fully saturated rings. The van der Waals surface area contributed by atoms with E-state index >= 15 is 0 Å². The summed E-state index contributed by atoms with van der Waals surface area (Å²) < 4.78 is 40.6. The third-order valence-corrected chi connectivity index (χ3v) is 8.67. The fourth-order valence-corrected chi connectivity index (χ4v) is 5.68. The summed E-state index contributed by atoms with van der Waals surface area (Å²) in [6.07, 6.45) is 2.14. The second-order valence-electron chi connectivity index (χ2n) is 13.4. The lowest BCUT2D eigenvalue weighted by molar-refractivity contribution is -0.160. The Morgan fingerprint density at radius 3 is 2.07 bits per heavy atom. The van der Waals surface area contributed by atoms with Crippen LogP contribution in [0.5, 0.6) is 11.5 Å². The monoisotopic (exact) mass is 634 g/mol. The summed E-state index contributed by atoms with van der Waals surface area (Å²) in [7, 11) is -4.03. The first-order valence-electron chi connectivity index (χ1n) is 15.1. The van der Waals surface area contributed by atoms with Gasteiger partial charge in [0.25, 0.3) is 0 Å². The molecule has 0 radical (unpaired) electrons. The number of ether oxygens (including phenoxy) is 3. The second kappa shape index (κ2) is 15.9. The van der Waals surface area contributed by atoms with Crippen molar-refractivity contribution < 1.29 is 42.5 Å². The van der Waals surface area contributed by atoms with E-state index in [1.165, 1.54) is 0 Å². The van der Waals surface area contributed by atoms with Crippen molar-refractivity contribution in [2.24, 2.45) is 10.8 Å². The molecule has 0 heterocycles. The van der Waals surface area contributed by atoms with Gasteiger partial charge in [-0.1, -0.05) is 53.2 Å². The summed E-state index contributed by atoms with van der Waals surface area (Å²) in [5, 5.41) is 10.2. The van der Waals surface area contributed by atoms with Gasteiger partial charge in [0, 0.05) is 0 Å². The lowest BCUT2D eigenvalue weighted by Gasteiger charge is -2.23. The molecule has 0 aliphatic rings. The van der Waals surface area contributed by atoms with E-state index in [1.54, 1.807) is 26.8 Å². The third kappa shape index (κ3) is 11.9. The zero-order valence-electron chi connectivity index (χ0n) is 28.1. The molecule has 1 atom stereocenters. The van der Waals surface area contributed by atoms with Gasteiger partial charge in [-0.25, -0.2) is 0 Å². The molecule has 1 N–H and O–H groups in total. The van der Waals surface area contributed by atoms with Gasteiger partial charge in [-0.15, -0.1) is 0 Å². The lowest BCUT2D eigenvalue weighted by atomic mass is 9.85. The molecule has 1 unspecified atom stereocenters. The van der Waals surface area contributed by atoms with E-state index in [9.17, 15) is 19.3 Å². The van der Waals surface area contributed by atoms with Crippen molar-refractivity contribution in [1.29, 1.82) is 0 Å². The maximum Gasteiger partial charge on any atom is 0.373 e. The number of carbonyl (C=O) groups excluding carboxylic acids is 2. The highest BCUT2D eigenvalue weighted by atomic mass is 31.2. The maximum absolute atomic E-state index is 13.6. The Hall–Kier alpha value is -2.87. The fourth-order valence-electron chi connectivity index (χ4n) is 4.72. The van der Waals surface area contributed by atoms with E-state index in [1.807, 2.05) is 72.7 Å². The topological polar surface area (TPSA) is 118 Å². The minimum Gasteiger partial charge on any atom is -0.508 e. The molecule has 44 heavy (non-hydrogen) atoms. The Balaban J connectivity index is 2.14. The minimum atomic E-state index is -4.03. The van der Waals surface area contributed by atoms with Crippen LogP contribution in [0.15, 0.2) is 30.3 Å². The van der Waals surface area contributed by atoms with Crippen LogP contribution in [0.4, 0.5) is 0 Å². The normalized spacial score (nSPS) is 13.4. The molecular formula is C34H51O9P. The van der Waals surface area contributed by atoms with E-state index in [2.05, 4.69) is 0 Å². The van der Waals surface area contributed by atoms with Crippen LogP contribution in [0, 0.1) is 24.7 Å². The molecule has 0 spiro atoms. The summed E-state index contributed by atoms with van der Waals surface area (Å²) in [6, 6.07) is 9.35. The Bertz CT molecular complexity index is 1300. The van der Waals surface area contributed by atoms with Gasteiger partial charge < -0.3 is 19.3 Å². The largest absolute Gasteiger partial charge is 0.508 e. The molecule has 2 rings (SSSR count). The molecule has 0 aliphatic carbocycles. The highest BCUT2D eigenvalue weighted by molar-refractivity contribution is 7.53. The first-order chi connectivity index (χ1) is 20.4.